The number of anilines is 1. The molecule has 0 aromatic heterocycles. The number of rotatable bonds is 4. The summed E-state index contributed by atoms with van der Waals surface area (Å²) in [7, 11) is 0. The van der Waals surface area contributed by atoms with Gasteiger partial charge in [0.05, 0.1) is 10.6 Å². The third kappa shape index (κ3) is 3.76. The molecule has 0 saturated carbocycles. The lowest BCUT2D eigenvalue weighted by Gasteiger charge is -2.16. The summed E-state index contributed by atoms with van der Waals surface area (Å²) in [4.78, 5) is 11.8. The minimum Gasteiger partial charge on any atom is -0.325 e. The molecule has 0 saturated heterocycles. The second-order valence-electron chi connectivity index (χ2n) is 3.19. The molecule has 0 aliphatic heterocycles. The van der Waals surface area contributed by atoms with E-state index >= 15 is 0 Å². The molecule has 2 atom stereocenters. The van der Waals surface area contributed by atoms with E-state index in [1.165, 1.54) is 11.8 Å². The van der Waals surface area contributed by atoms with Crippen LogP contribution in [0, 0.1) is 0 Å². The first-order chi connectivity index (χ1) is 7.15. The van der Waals surface area contributed by atoms with Crippen LogP contribution in [0.2, 0.25) is 0 Å². The number of carbonyl (C=O) groups is 1. The van der Waals surface area contributed by atoms with Crippen LogP contribution in [-0.4, -0.2) is 22.8 Å². The van der Waals surface area contributed by atoms with Crippen LogP contribution in [0.25, 0.3) is 0 Å². The van der Waals surface area contributed by atoms with Crippen molar-refractivity contribution in [3.8, 4) is 0 Å². The largest absolute Gasteiger partial charge is 0.325 e. The number of nitrogens with one attached hydrogen (secondary N) is 1. The van der Waals surface area contributed by atoms with E-state index < -0.39 is 0 Å². The van der Waals surface area contributed by atoms with Gasteiger partial charge in [0.15, 0.2) is 0 Å². The van der Waals surface area contributed by atoms with Crippen molar-refractivity contribution in [2.45, 2.75) is 17.6 Å². The fourth-order valence-electron chi connectivity index (χ4n) is 1.24. The average Bonchev–Trinajstić information content (AvgIpc) is 2.19. The Labute approximate surface area is 99.4 Å². The van der Waals surface area contributed by atoms with Gasteiger partial charge in [0.1, 0.15) is 0 Å². The third-order valence-electron chi connectivity index (χ3n) is 1.97. The number of hydrogen-bond donors (Lipinski definition) is 1. The summed E-state index contributed by atoms with van der Waals surface area (Å²) in [6.45, 7) is 1.83. The number of amides is 1. The Morgan fingerprint density at radius 2 is 2.00 bits per heavy atom. The van der Waals surface area contributed by atoms with Crippen molar-refractivity contribution in [2.75, 3.05) is 11.6 Å². The summed E-state index contributed by atoms with van der Waals surface area (Å²) < 4.78 is 0. The maximum atomic E-state index is 11.8. The Morgan fingerprint density at radius 3 is 2.47 bits per heavy atom. The first kappa shape index (κ1) is 12.4. The van der Waals surface area contributed by atoms with Gasteiger partial charge in [0, 0.05) is 5.69 Å². The van der Waals surface area contributed by atoms with Gasteiger partial charge in [-0.1, -0.05) is 18.2 Å². The molecule has 0 bridgehead atoms. The van der Waals surface area contributed by atoms with E-state index in [2.05, 4.69) is 5.32 Å². The van der Waals surface area contributed by atoms with Crippen LogP contribution < -0.4 is 5.32 Å². The molecule has 2 nitrogen and oxygen atoms in total. The van der Waals surface area contributed by atoms with Crippen molar-refractivity contribution < 1.29 is 4.79 Å². The summed E-state index contributed by atoms with van der Waals surface area (Å²) >= 11 is 7.38. The van der Waals surface area contributed by atoms with Crippen molar-refractivity contribution in [3.05, 3.63) is 30.3 Å². The van der Waals surface area contributed by atoms with Crippen molar-refractivity contribution >= 4 is 35.0 Å². The molecule has 82 valence electrons. The number of halogens is 1. The summed E-state index contributed by atoms with van der Waals surface area (Å²) in [6.07, 6.45) is 1.88. The molecular weight excluding hydrogens is 230 g/mol. The maximum Gasteiger partial charge on any atom is 0.238 e. The van der Waals surface area contributed by atoms with Gasteiger partial charge >= 0.3 is 0 Å². The Bertz CT molecular complexity index is 316. The van der Waals surface area contributed by atoms with Gasteiger partial charge in [-0.3, -0.25) is 4.79 Å². The predicted octanol–water partition coefficient (Wildman–Crippen LogP) is 2.98. The molecule has 0 heterocycles. The Balaban J connectivity index is 2.62. The normalized spacial score (nSPS) is 14.3. The first-order valence-corrected chi connectivity index (χ1v) is 6.40. The molecule has 4 heteroatoms. The number of thioether (sulfide) groups is 1. The van der Waals surface area contributed by atoms with Gasteiger partial charge in [0.2, 0.25) is 5.91 Å². The summed E-state index contributed by atoms with van der Waals surface area (Å²) in [5.41, 5.74) is 0.805. The minimum absolute atomic E-state index is 0.0452. The van der Waals surface area contributed by atoms with Crippen molar-refractivity contribution in [1.82, 2.24) is 0 Å². The molecule has 0 radical (unpaired) electrons. The van der Waals surface area contributed by atoms with Gasteiger partial charge in [0.25, 0.3) is 0 Å². The van der Waals surface area contributed by atoms with Crippen molar-refractivity contribution in [2.24, 2.45) is 0 Å². The van der Waals surface area contributed by atoms with E-state index in [1.54, 1.807) is 0 Å². The molecule has 15 heavy (non-hydrogen) atoms. The summed E-state index contributed by atoms with van der Waals surface area (Å²) in [5, 5.41) is 2.44. The van der Waals surface area contributed by atoms with Crippen LogP contribution in [-0.2, 0) is 4.79 Å². The fourth-order valence-corrected chi connectivity index (χ4v) is 2.31. The summed E-state index contributed by atoms with van der Waals surface area (Å²) in [6, 6.07) is 9.38. The minimum atomic E-state index is -0.216. The Morgan fingerprint density at radius 1 is 1.40 bits per heavy atom. The predicted molar refractivity (Wildman–Crippen MR) is 67.7 cm³/mol. The van der Waals surface area contributed by atoms with Gasteiger partial charge in [-0.2, -0.15) is 11.8 Å². The highest BCUT2D eigenvalue weighted by Crippen LogP contribution is 2.18. The van der Waals surface area contributed by atoms with E-state index in [0.717, 1.165) is 5.69 Å². The zero-order chi connectivity index (χ0) is 11.3. The molecular formula is C11H14ClNOS. The van der Waals surface area contributed by atoms with E-state index in [0.29, 0.717) is 0 Å². The topological polar surface area (TPSA) is 29.1 Å². The zero-order valence-corrected chi connectivity index (χ0v) is 10.3. The Kier molecular flexibility index (Phi) is 4.99. The molecule has 0 aliphatic carbocycles. The second kappa shape index (κ2) is 6.03. The van der Waals surface area contributed by atoms with Crippen LogP contribution in [0.15, 0.2) is 30.3 Å². The molecule has 1 N–H and O–H groups in total. The van der Waals surface area contributed by atoms with Gasteiger partial charge in [-0.15, -0.1) is 11.6 Å². The molecule has 1 amide bonds. The Hall–Kier alpha value is -0.670. The number of alkyl halides is 1. The van der Waals surface area contributed by atoms with Gasteiger partial charge in [-0.25, -0.2) is 0 Å². The van der Waals surface area contributed by atoms with Crippen LogP contribution in [0.1, 0.15) is 6.92 Å². The van der Waals surface area contributed by atoms with E-state index in [1.807, 2.05) is 43.5 Å². The standard InChI is InChI=1S/C11H14ClNOS/c1-8(12)10(15-2)11(14)13-9-6-4-3-5-7-9/h3-8,10H,1-2H3,(H,13,14)/t8-,10+/m1/s1. The smallest absolute Gasteiger partial charge is 0.238 e. The molecule has 1 aromatic rings. The highest BCUT2D eigenvalue weighted by Gasteiger charge is 2.22. The van der Waals surface area contributed by atoms with Gasteiger partial charge < -0.3 is 5.32 Å². The summed E-state index contributed by atoms with van der Waals surface area (Å²) in [5.74, 6) is -0.0452. The van der Waals surface area contributed by atoms with E-state index in [4.69, 9.17) is 11.6 Å². The zero-order valence-electron chi connectivity index (χ0n) is 8.74. The lowest BCUT2D eigenvalue weighted by atomic mass is 10.2. The number of hydrogen-bond acceptors (Lipinski definition) is 2. The highest BCUT2D eigenvalue weighted by molar-refractivity contribution is 8.00. The lowest BCUT2D eigenvalue weighted by Crippen LogP contribution is -2.31. The molecule has 0 spiro atoms. The number of carbonyl (C=O) groups excluding carboxylic acids is 1. The number of benzene rings is 1. The van der Waals surface area contributed by atoms with Crippen LogP contribution in [0.3, 0.4) is 0 Å². The second-order valence-corrected chi connectivity index (χ2v) is 4.86. The molecule has 1 rings (SSSR count). The molecule has 0 unspecified atom stereocenters. The molecule has 0 fully saturated rings. The maximum absolute atomic E-state index is 11.8. The molecule has 0 aliphatic rings. The van der Waals surface area contributed by atoms with E-state index in [-0.39, 0.29) is 16.5 Å². The van der Waals surface area contributed by atoms with E-state index in [9.17, 15) is 4.79 Å². The highest BCUT2D eigenvalue weighted by atomic mass is 35.5. The SMILES string of the molecule is CS[C@H](C(=O)Nc1ccccc1)[C@@H](C)Cl. The van der Waals surface area contributed by atoms with Crippen molar-refractivity contribution in [1.29, 1.82) is 0 Å². The number of para-hydroxylation sites is 1. The van der Waals surface area contributed by atoms with Crippen LogP contribution in [0.5, 0.6) is 0 Å². The van der Waals surface area contributed by atoms with Crippen molar-refractivity contribution in [3.63, 3.8) is 0 Å². The monoisotopic (exact) mass is 243 g/mol. The average molecular weight is 244 g/mol. The van der Waals surface area contributed by atoms with Crippen LogP contribution >= 0.6 is 23.4 Å². The quantitative estimate of drug-likeness (QED) is 0.824. The fraction of sp³-hybridized carbons (Fsp3) is 0.364. The lowest BCUT2D eigenvalue weighted by molar-refractivity contribution is -0.115. The first-order valence-electron chi connectivity index (χ1n) is 4.68. The van der Waals surface area contributed by atoms with Gasteiger partial charge in [-0.05, 0) is 25.3 Å². The third-order valence-corrected chi connectivity index (χ3v) is 3.50. The van der Waals surface area contributed by atoms with Crippen LogP contribution in [0.4, 0.5) is 5.69 Å². The molecule has 1 aromatic carbocycles.